The smallest absolute Gasteiger partial charge is 0.277 e. The summed E-state index contributed by atoms with van der Waals surface area (Å²) in [7, 11) is 0. The zero-order valence-electron chi connectivity index (χ0n) is 11.5. The van der Waals surface area contributed by atoms with E-state index in [9.17, 15) is 14.4 Å². The zero-order valence-corrected chi connectivity index (χ0v) is 12.3. The number of carbonyl (C=O) groups is 3. The Kier molecular flexibility index (Phi) is 4.01. The van der Waals surface area contributed by atoms with Crippen molar-refractivity contribution in [3.63, 3.8) is 0 Å². The van der Waals surface area contributed by atoms with Gasteiger partial charge >= 0.3 is 6.03 Å². The Balaban J connectivity index is 1.73. The Labute approximate surface area is 122 Å². The summed E-state index contributed by atoms with van der Waals surface area (Å²) >= 11 is 1.82. The van der Waals surface area contributed by atoms with Gasteiger partial charge in [-0.1, -0.05) is 12.8 Å². The minimum absolute atomic E-state index is 0.120. The summed E-state index contributed by atoms with van der Waals surface area (Å²) in [5, 5.41) is 2.71. The molecule has 2 aliphatic heterocycles. The first-order valence-corrected chi connectivity index (χ1v) is 8.49. The van der Waals surface area contributed by atoms with Gasteiger partial charge in [0.1, 0.15) is 5.92 Å². The van der Waals surface area contributed by atoms with Gasteiger partial charge in [0.2, 0.25) is 11.8 Å². The fourth-order valence-corrected chi connectivity index (χ4v) is 4.76. The van der Waals surface area contributed by atoms with Gasteiger partial charge in [-0.25, -0.2) is 4.79 Å². The highest BCUT2D eigenvalue weighted by molar-refractivity contribution is 8.00. The first-order valence-electron chi connectivity index (χ1n) is 7.44. The standard InChI is InChI=1S/C14H20N2O3S/c17-12-11(9-4-1-2-5-9)13(18)16(14(19)15-12)8-10-6-3-7-20-10/h9-11H,1-8H2,(H,15,17,19). The van der Waals surface area contributed by atoms with Crippen molar-refractivity contribution in [3.8, 4) is 0 Å². The molecule has 1 N–H and O–H groups in total. The van der Waals surface area contributed by atoms with Crippen molar-refractivity contribution in [1.29, 1.82) is 0 Å². The van der Waals surface area contributed by atoms with Crippen LogP contribution in [0.5, 0.6) is 0 Å². The summed E-state index contributed by atoms with van der Waals surface area (Å²) < 4.78 is 0. The SMILES string of the molecule is O=C1NC(=O)N(CC2CCCS2)C(=O)C1C1CCCC1. The maximum Gasteiger partial charge on any atom is 0.330 e. The van der Waals surface area contributed by atoms with Gasteiger partial charge < -0.3 is 0 Å². The van der Waals surface area contributed by atoms with E-state index in [0.29, 0.717) is 11.8 Å². The topological polar surface area (TPSA) is 66.5 Å². The Morgan fingerprint density at radius 1 is 1.10 bits per heavy atom. The number of nitrogens with zero attached hydrogens (tertiary/aromatic N) is 1. The van der Waals surface area contributed by atoms with E-state index < -0.39 is 11.9 Å². The van der Waals surface area contributed by atoms with Crippen LogP contribution in [0.2, 0.25) is 0 Å². The molecule has 1 saturated carbocycles. The molecule has 3 fully saturated rings. The third-order valence-electron chi connectivity index (χ3n) is 4.57. The molecule has 20 heavy (non-hydrogen) atoms. The number of rotatable bonds is 3. The molecule has 4 amide bonds. The van der Waals surface area contributed by atoms with Crippen LogP contribution in [0.3, 0.4) is 0 Å². The molecule has 110 valence electrons. The van der Waals surface area contributed by atoms with Gasteiger partial charge in [-0.05, 0) is 37.4 Å². The van der Waals surface area contributed by atoms with Crippen LogP contribution in [-0.4, -0.2) is 40.3 Å². The Bertz CT molecular complexity index is 428. The van der Waals surface area contributed by atoms with Gasteiger partial charge in [0.15, 0.2) is 0 Å². The van der Waals surface area contributed by atoms with E-state index in [1.54, 1.807) is 0 Å². The van der Waals surface area contributed by atoms with Crippen LogP contribution in [0.15, 0.2) is 0 Å². The van der Waals surface area contributed by atoms with E-state index in [-0.39, 0.29) is 17.7 Å². The normalized spacial score (nSPS) is 32.0. The molecule has 2 heterocycles. The molecule has 0 aromatic heterocycles. The molecule has 0 aromatic carbocycles. The van der Waals surface area contributed by atoms with E-state index in [0.717, 1.165) is 44.3 Å². The van der Waals surface area contributed by atoms with Gasteiger partial charge in [0.05, 0.1) is 0 Å². The number of nitrogens with one attached hydrogen (secondary N) is 1. The molecule has 2 unspecified atom stereocenters. The molecule has 2 atom stereocenters. The number of hydrogen-bond acceptors (Lipinski definition) is 4. The molecule has 0 spiro atoms. The van der Waals surface area contributed by atoms with Crippen LogP contribution in [0, 0.1) is 11.8 Å². The molecule has 0 aromatic rings. The average Bonchev–Trinajstić information content (AvgIpc) is 3.07. The lowest BCUT2D eigenvalue weighted by Gasteiger charge is -2.33. The van der Waals surface area contributed by atoms with E-state index in [4.69, 9.17) is 0 Å². The molecule has 0 bridgehead atoms. The van der Waals surface area contributed by atoms with Crippen LogP contribution in [-0.2, 0) is 9.59 Å². The zero-order chi connectivity index (χ0) is 14.1. The Hall–Kier alpha value is -1.04. The summed E-state index contributed by atoms with van der Waals surface area (Å²) in [4.78, 5) is 37.8. The third-order valence-corrected chi connectivity index (χ3v) is 5.95. The Morgan fingerprint density at radius 2 is 1.85 bits per heavy atom. The highest BCUT2D eigenvalue weighted by Crippen LogP contribution is 2.35. The molecule has 3 aliphatic rings. The summed E-state index contributed by atoms with van der Waals surface area (Å²) in [6, 6.07) is -0.526. The van der Waals surface area contributed by atoms with E-state index in [1.807, 2.05) is 11.8 Å². The summed E-state index contributed by atoms with van der Waals surface area (Å²) in [5.41, 5.74) is 0. The number of amides is 4. The van der Waals surface area contributed by atoms with Crippen molar-refractivity contribution in [2.45, 2.75) is 43.8 Å². The molecule has 6 heteroatoms. The summed E-state index contributed by atoms with van der Waals surface area (Å²) in [6.07, 6.45) is 6.18. The van der Waals surface area contributed by atoms with Crippen LogP contribution < -0.4 is 5.32 Å². The molecular formula is C14H20N2O3S. The fraction of sp³-hybridized carbons (Fsp3) is 0.786. The predicted octanol–water partition coefficient (Wildman–Crippen LogP) is 1.77. The van der Waals surface area contributed by atoms with Crippen molar-refractivity contribution in [2.75, 3.05) is 12.3 Å². The van der Waals surface area contributed by atoms with Crippen molar-refractivity contribution < 1.29 is 14.4 Å². The van der Waals surface area contributed by atoms with Gasteiger partial charge in [-0.15, -0.1) is 0 Å². The molecule has 5 nitrogen and oxygen atoms in total. The highest BCUT2D eigenvalue weighted by atomic mass is 32.2. The second-order valence-electron chi connectivity index (χ2n) is 5.90. The number of hydrogen-bond donors (Lipinski definition) is 1. The molecule has 3 rings (SSSR count). The lowest BCUT2D eigenvalue weighted by atomic mass is 9.87. The third kappa shape index (κ3) is 2.57. The summed E-state index contributed by atoms with van der Waals surface area (Å²) in [6.45, 7) is 0.450. The number of carbonyl (C=O) groups excluding carboxylic acids is 3. The van der Waals surface area contributed by atoms with Crippen molar-refractivity contribution >= 4 is 29.6 Å². The van der Waals surface area contributed by atoms with E-state index in [2.05, 4.69) is 5.32 Å². The largest absolute Gasteiger partial charge is 0.330 e. The van der Waals surface area contributed by atoms with Crippen LogP contribution >= 0.6 is 11.8 Å². The number of thioether (sulfide) groups is 1. The monoisotopic (exact) mass is 296 g/mol. The van der Waals surface area contributed by atoms with Crippen LogP contribution in [0.25, 0.3) is 0 Å². The van der Waals surface area contributed by atoms with Gasteiger partial charge in [-0.3, -0.25) is 19.8 Å². The average molecular weight is 296 g/mol. The quantitative estimate of drug-likeness (QED) is 0.806. The van der Waals surface area contributed by atoms with Crippen molar-refractivity contribution in [1.82, 2.24) is 10.2 Å². The first-order chi connectivity index (χ1) is 9.66. The lowest BCUT2D eigenvalue weighted by Crippen LogP contribution is -2.60. The van der Waals surface area contributed by atoms with Gasteiger partial charge in [-0.2, -0.15) is 11.8 Å². The maximum atomic E-state index is 12.6. The number of imide groups is 2. The first kappa shape index (κ1) is 13.9. The van der Waals surface area contributed by atoms with Gasteiger partial charge in [0.25, 0.3) is 0 Å². The lowest BCUT2D eigenvalue weighted by molar-refractivity contribution is -0.145. The molecule has 0 radical (unpaired) electrons. The predicted molar refractivity (Wildman–Crippen MR) is 76.2 cm³/mol. The molecular weight excluding hydrogens is 276 g/mol. The molecule has 1 aliphatic carbocycles. The van der Waals surface area contributed by atoms with Gasteiger partial charge in [0, 0.05) is 11.8 Å². The summed E-state index contributed by atoms with van der Waals surface area (Å²) in [5.74, 6) is -0.0736. The van der Waals surface area contributed by atoms with E-state index in [1.165, 1.54) is 4.90 Å². The number of urea groups is 1. The second kappa shape index (κ2) is 5.76. The number of barbiturate groups is 1. The van der Waals surface area contributed by atoms with Crippen LogP contribution in [0.1, 0.15) is 38.5 Å². The second-order valence-corrected chi connectivity index (χ2v) is 7.31. The Morgan fingerprint density at radius 3 is 2.50 bits per heavy atom. The van der Waals surface area contributed by atoms with Crippen molar-refractivity contribution in [3.05, 3.63) is 0 Å². The van der Waals surface area contributed by atoms with Crippen LogP contribution in [0.4, 0.5) is 4.79 Å². The highest BCUT2D eigenvalue weighted by Gasteiger charge is 2.45. The molecule has 2 saturated heterocycles. The van der Waals surface area contributed by atoms with Crippen molar-refractivity contribution in [2.24, 2.45) is 11.8 Å². The maximum absolute atomic E-state index is 12.6. The fourth-order valence-electron chi connectivity index (χ4n) is 3.50. The minimum atomic E-state index is -0.637. The minimum Gasteiger partial charge on any atom is -0.277 e. The van der Waals surface area contributed by atoms with E-state index >= 15 is 0 Å².